The van der Waals surface area contributed by atoms with Crippen molar-refractivity contribution in [2.24, 2.45) is 0 Å². The molecule has 1 aliphatic rings. The second-order valence-electron chi connectivity index (χ2n) is 8.33. The summed E-state index contributed by atoms with van der Waals surface area (Å²) in [6.45, 7) is 4.70. The van der Waals surface area contributed by atoms with Crippen LogP contribution in [0.15, 0.2) is 48.5 Å². The molecule has 170 valence electrons. The van der Waals surface area contributed by atoms with Crippen LogP contribution in [0.5, 0.6) is 0 Å². The van der Waals surface area contributed by atoms with Gasteiger partial charge in [0.2, 0.25) is 0 Å². The fourth-order valence-corrected chi connectivity index (χ4v) is 4.00. The molecule has 3 aromatic rings. The summed E-state index contributed by atoms with van der Waals surface area (Å²) in [6, 6.07) is 15.6. The first-order valence-electron chi connectivity index (χ1n) is 11.4. The maximum absolute atomic E-state index is 12.9. The van der Waals surface area contributed by atoms with E-state index in [2.05, 4.69) is 10.2 Å². The highest BCUT2D eigenvalue weighted by Gasteiger charge is 2.24. The number of hydrogen-bond acceptors (Lipinski definition) is 5. The Balaban J connectivity index is 1.31. The minimum atomic E-state index is -0.108. The number of nitrogens with zero attached hydrogens (tertiary/aromatic N) is 3. The Labute approximate surface area is 193 Å². The van der Waals surface area contributed by atoms with Gasteiger partial charge in [-0.1, -0.05) is 49.8 Å². The number of carbonyl (C=O) groups excluding carboxylic acids is 2. The largest absolute Gasteiger partial charge is 0.336 e. The van der Waals surface area contributed by atoms with E-state index in [1.165, 1.54) is 0 Å². The second-order valence-corrected chi connectivity index (χ2v) is 8.33. The molecule has 1 fully saturated rings. The van der Waals surface area contributed by atoms with E-state index >= 15 is 0 Å². The number of rotatable bonds is 8. The van der Waals surface area contributed by atoms with Gasteiger partial charge in [0.15, 0.2) is 5.78 Å². The molecule has 2 N–H and O–H groups in total. The van der Waals surface area contributed by atoms with E-state index in [1.807, 2.05) is 77.4 Å². The number of hydrogen-bond donors (Lipinski definition) is 2. The number of H-pyrrole nitrogens is 1. The van der Waals surface area contributed by atoms with Gasteiger partial charge in [-0.2, -0.15) is 5.10 Å². The van der Waals surface area contributed by atoms with Gasteiger partial charge in [0, 0.05) is 37.1 Å². The minimum Gasteiger partial charge on any atom is -0.336 e. The summed E-state index contributed by atoms with van der Waals surface area (Å²) < 4.78 is 0. The van der Waals surface area contributed by atoms with Crippen molar-refractivity contribution in [2.75, 3.05) is 32.7 Å². The molecule has 2 aromatic carbocycles. The number of amides is 1. The number of Topliss-reactive ketones (excluding diaryl/α,β-unsaturated/α-hetero) is 1. The number of fused-ring (bicyclic) bond motifs is 1. The predicted molar refractivity (Wildman–Crippen MR) is 131 cm³/mol. The van der Waals surface area contributed by atoms with Crippen LogP contribution in [0.4, 0.5) is 0 Å². The van der Waals surface area contributed by atoms with Crippen LogP contribution in [0, 0.1) is 5.41 Å². The fourth-order valence-electron chi connectivity index (χ4n) is 4.00. The van der Waals surface area contributed by atoms with Crippen molar-refractivity contribution in [1.29, 1.82) is 5.41 Å². The van der Waals surface area contributed by atoms with E-state index in [0.29, 0.717) is 38.2 Å². The monoisotopic (exact) mass is 443 g/mol. The average molecular weight is 444 g/mol. The lowest BCUT2D eigenvalue weighted by Gasteiger charge is -2.34. The van der Waals surface area contributed by atoms with Gasteiger partial charge in [-0.25, -0.2) is 0 Å². The molecule has 0 saturated carbocycles. The summed E-state index contributed by atoms with van der Waals surface area (Å²) in [5.74, 6) is -0.100. The van der Waals surface area contributed by atoms with Crippen molar-refractivity contribution in [3.63, 3.8) is 0 Å². The molecule has 1 aromatic heterocycles. The lowest BCUT2D eigenvalue weighted by molar-refractivity contribution is -0.114. The number of para-hydroxylation sites is 1. The molecule has 0 aliphatic carbocycles. The Morgan fingerprint density at radius 3 is 2.48 bits per heavy atom. The standard InChI is InChI=1S/C26H29N5O2/c1-2-5-22(27)25(32)18-30-14-16-31(17-15-30)26(33)20-11-8-19(9-12-20)10-13-24-21-6-3-4-7-23(21)28-29-24/h3-4,6-13,27H,2,5,14-18H2,1H3,(H,28,29). The number of piperazine rings is 1. The molecule has 0 radical (unpaired) electrons. The zero-order valence-electron chi connectivity index (χ0n) is 18.9. The van der Waals surface area contributed by atoms with Crippen LogP contribution >= 0.6 is 0 Å². The highest BCUT2D eigenvalue weighted by Crippen LogP contribution is 2.18. The fraction of sp³-hybridized carbons (Fsp3) is 0.308. The number of ketones is 1. The second kappa shape index (κ2) is 10.4. The smallest absolute Gasteiger partial charge is 0.253 e. The van der Waals surface area contributed by atoms with Crippen LogP contribution in [0.1, 0.15) is 41.4 Å². The van der Waals surface area contributed by atoms with E-state index in [9.17, 15) is 9.59 Å². The Morgan fingerprint density at radius 1 is 1.03 bits per heavy atom. The molecule has 4 rings (SSSR count). The first-order chi connectivity index (χ1) is 16.0. The number of aromatic amines is 1. The summed E-state index contributed by atoms with van der Waals surface area (Å²) in [4.78, 5) is 28.9. The molecule has 2 heterocycles. The Bertz CT molecular complexity index is 1170. The molecule has 1 amide bonds. The average Bonchev–Trinajstić information content (AvgIpc) is 3.26. The number of carbonyl (C=O) groups is 2. The van der Waals surface area contributed by atoms with Gasteiger partial charge < -0.3 is 10.3 Å². The summed E-state index contributed by atoms with van der Waals surface area (Å²) in [6.07, 6.45) is 5.29. The van der Waals surface area contributed by atoms with Crippen molar-refractivity contribution in [2.45, 2.75) is 19.8 Å². The zero-order valence-corrected chi connectivity index (χ0v) is 18.9. The highest BCUT2D eigenvalue weighted by molar-refractivity contribution is 6.39. The molecule has 33 heavy (non-hydrogen) atoms. The molecular formula is C26H29N5O2. The van der Waals surface area contributed by atoms with Gasteiger partial charge in [-0.15, -0.1) is 0 Å². The van der Waals surface area contributed by atoms with Gasteiger partial charge in [0.05, 0.1) is 23.5 Å². The van der Waals surface area contributed by atoms with Crippen molar-refractivity contribution >= 4 is 40.5 Å². The van der Waals surface area contributed by atoms with Crippen LogP contribution in [-0.2, 0) is 4.79 Å². The van der Waals surface area contributed by atoms with Crippen molar-refractivity contribution in [3.05, 3.63) is 65.4 Å². The molecule has 7 nitrogen and oxygen atoms in total. The maximum atomic E-state index is 12.9. The Hall–Kier alpha value is -3.58. The van der Waals surface area contributed by atoms with Crippen LogP contribution in [0.2, 0.25) is 0 Å². The molecule has 0 spiro atoms. The predicted octanol–water partition coefficient (Wildman–Crippen LogP) is 3.88. The number of nitrogens with one attached hydrogen (secondary N) is 2. The van der Waals surface area contributed by atoms with Crippen LogP contribution in [-0.4, -0.2) is 70.1 Å². The molecule has 0 unspecified atom stereocenters. The van der Waals surface area contributed by atoms with Crippen molar-refractivity contribution in [1.82, 2.24) is 20.0 Å². The normalized spacial score (nSPS) is 14.8. The van der Waals surface area contributed by atoms with Crippen molar-refractivity contribution < 1.29 is 9.59 Å². The minimum absolute atomic E-state index is 0.00790. The first-order valence-corrected chi connectivity index (χ1v) is 11.4. The summed E-state index contributed by atoms with van der Waals surface area (Å²) in [5.41, 5.74) is 3.74. The molecule has 1 saturated heterocycles. The SMILES string of the molecule is CCCC(=N)C(=O)CN1CCN(C(=O)c2ccc(C=Cc3n[nH]c4ccccc34)cc2)CC1. The van der Waals surface area contributed by atoms with E-state index in [4.69, 9.17) is 5.41 Å². The zero-order chi connectivity index (χ0) is 23.2. The highest BCUT2D eigenvalue weighted by atomic mass is 16.2. The van der Waals surface area contributed by atoms with E-state index < -0.39 is 0 Å². The Kier molecular flexibility index (Phi) is 7.10. The lowest BCUT2D eigenvalue weighted by atomic mass is 10.1. The third-order valence-electron chi connectivity index (χ3n) is 5.95. The van der Waals surface area contributed by atoms with Gasteiger partial charge in [0.1, 0.15) is 0 Å². The molecule has 0 atom stereocenters. The van der Waals surface area contributed by atoms with Gasteiger partial charge in [-0.05, 0) is 36.3 Å². The Morgan fingerprint density at radius 2 is 1.76 bits per heavy atom. The number of benzene rings is 2. The molecule has 7 heteroatoms. The van der Waals surface area contributed by atoms with Gasteiger partial charge in [0.25, 0.3) is 5.91 Å². The summed E-state index contributed by atoms with van der Waals surface area (Å²) in [5, 5.41) is 16.3. The molecule has 1 aliphatic heterocycles. The third-order valence-corrected chi connectivity index (χ3v) is 5.95. The van der Waals surface area contributed by atoms with E-state index in [0.717, 1.165) is 28.6 Å². The molecular weight excluding hydrogens is 414 g/mol. The summed E-state index contributed by atoms with van der Waals surface area (Å²) in [7, 11) is 0. The van der Waals surface area contributed by atoms with Gasteiger partial charge >= 0.3 is 0 Å². The van der Waals surface area contributed by atoms with Crippen LogP contribution in [0.3, 0.4) is 0 Å². The van der Waals surface area contributed by atoms with E-state index in [-0.39, 0.29) is 23.9 Å². The van der Waals surface area contributed by atoms with E-state index in [1.54, 1.807) is 0 Å². The molecule has 0 bridgehead atoms. The first kappa shape index (κ1) is 22.6. The lowest BCUT2D eigenvalue weighted by Crippen LogP contribution is -2.50. The topological polar surface area (TPSA) is 93.2 Å². The quantitative estimate of drug-likeness (QED) is 0.517. The van der Waals surface area contributed by atoms with Crippen molar-refractivity contribution in [3.8, 4) is 0 Å². The number of aromatic nitrogens is 2. The van der Waals surface area contributed by atoms with Crippen LogP contribution < -0.4 is 0 Å². The summed E-state index contributed by atoms with van der Waals surface area (Å²) >= 11 is 0. The van der Waals surface area contributed by atoms with Crippen LogP contribution in [0.25, 0.3) is 23.1 Å². The van der Waals surface area contributed by atoms with Gasteiger partial charge in [-0.3, -0.25) is 19.6 Å². The maximum Gasteiger partial charge on any atom is 0.253 e. The third kappa shape index (κ3) is 5.43.